The van der Waals surface area contributed by atoms with Crippen LogP contribution in [0.5, 0.6) is 0 Å². The second-order valence-corrected chi connectivity index (χ2v) is 7.16. The van der Waals surface area contributed by atoms with E-state index in [-0.39, 0.29) is 18.7 Å². The fourth-order valence-electron chi connectivity index (χ4n) is 3.38. The highest BCUT2D eigenvalue weighted by Crippen LogP contribution is 2.27. The van der Waals surface area contributed by atoms with Crippen molar-refractivity contribution in [2.45, 2.75) is 24.9 Å². The Morgan fingerprint density at radius 1 is 1.24 bits per heavy atom. The minimum absolute atomic E-state index is 0.0123. The normalized spacial score (nSPS) is 20.2. The van der Waals surface area contributed by atoms with Crippen LogP contribution in [0, 0.1) is 0 Å². The van der Waals surface area contributed by atoms with Crippen LogP contribution >= 0.6 is 0 Å². The summed E-state index contributed by atoms with van der Waals surface area (Å²) in [5.41, 5.74) is 1.13. The molecule has 1 atom stereocenters. The Morgan fingerprint density at radius 2 is 1.92 bits per heavy atom. The van der Waals surface area contributed by atoms with Gasteiger partial charge in [0.25, 0.3) is 0 Å². The molecule has 1 aromatic rings. The predicted molar refractivity (Wildman–Crippen MR) is 98.5 cm³/mol. The van der Waals surface area contributed by atoms with Crippen LogP contribution in [0.4, 0.5) is 4.79 Å². The van der Waals surface area contributed by atoms with E-state index in [1.54, 1.807) is 4.90 Å². The van der Waals surface area contributed by atoms with E-state index in [0.717, 1.165) is 51.1 Å². The van der Waals surface area contributed by atoms with Crippen molar-refractivity contribution in [3.63, 3.8) is 0 Å². The van der Waals surface area contributed by atoms with Gasteiger partial charge in [-0.05, 0) is 25.5 Å². The van der Waals surface area contributed by atoms with E-state index in [4.69, 9.17) is 0 Å². The lowest BCUT2D eigenvalue weighted by Gasteiger charge is -2.35. The summed E-state index contributed by atoms with van der Waals surface area (Å²) >= 11 is 0. The third-order valence-corrected chi connectivity index (χ3v) is 5.13. The number of aliphatic hydroxyl groups is 1. The van der Waals surface area contributed by atoms with Crippen molar-refractivity contribution in [3.05, 3.63) is 35.9 Å². The van der Waals surface area contributed by atoms with Crippen LogP contribution in [0.25, 0.3) is 0 Å². The van der Waals surface area contributed by atoms with Gasteiger partial charge in [-0.2, -0.15) is 0 Å². The highest BCUT2D eigenvalue weighted by molar-refractivity contribution is 5.75. The van der Waals surface area contributed by atoms with Gasteiger partial charge in [-0.3, -0.25) is 4.90 Å². The molecule has 6 nitrogen and oxygen atoms in total. The van der Waals surface area contributed by atoms with Crippen LogP contribution in [0.2, 0.25) is 0 Å². The number of nitrogens with zero attached hydrogens (tertiary/aromatic N) is 3. The molecule has 1 aliphatic carbocycles. The molecule has 1 saturated heterocycles. The van der Waals surface area contributed by atoms with Gasteiger partial charge < -0.3 is 20.2 Å². The van der Waals surface area contributed by atoms with Gasteiger partial charge in [-0.1, -0.05) is 30.3 Å². The smallest absolute Gasteiger partial charge is 0.318 e. The van der Waals surface area contributed by atoms with Crippen LogP contribution in [-0.4, -0.2) is 84.8 Å². The Bertz CT molecular complexity index is 542. The summed E-state index contributed by atoms with van der Waals surface area (Å²) in [6.07, 6.45) is 2.09. The summed E-state index contributed by atoms with van der Waals surface area (Å²) in [6.45, 7) is 5.42. The van der Waals surface area contributed by atoms with Gasteiger partial charge in [0, 0.05) is 45.3 Å². The van der Waals surface area contributed by atoms with E-state index in [2.05, 4.69) is 34.3 Å². The van der Waals surface area contributed by atoms with Gasteiger partial charge in [-0.15, -0.1) is 0 Å². The minimum Gasteiger partial charge on any atom is -0.395 e. The average Bonchev–Trinajstić information content (AvgIpc) is 3.46. The van der Waals surface area contributed by atoms with Gasteiger partial charge in [0.2, 0.25) is 0 Å². The molecule has 2 aliphatic rings. The minimum atomic E-state index is -0.0560. The third kappa shape index (κ3) is 5.17. The number of benzene rings is 1. The van der Waals surface area contributed by atoms with Crippen molar-refractivity contribution < 1.29 is 9.90 Å². The molecule has 25 heavy (non-hydrogen) atoms. The number of amides is 2. The number of carbonyl (C=O) groups excluding carboxylic acids is 1. The largest absolute Gasteiger partial charge is 0.395 e. The number of likely N-dealkylation sites (N-methyl/N-ethyl adjacent to an activating group) is 1. The van der Waals surface area contributed by atoms with E-state index in [0.29, 0.717) is 12.6 Å². The summed E-state index contributed by atoms with van der Waals surface area (Å²) in [7, 11) is 2.15. The van der Waals surface area contributed by atoms with E-state index >= 15 is 0 Å². The molecule has 1 saturated carbocycles. The molecule has 0 spiro atoms. The van der Waals surface area contributed by atoms with Crippen molar-refractivity contribution in [2.24, 2.45) is 0 Å². The maximum absolute atomic E-state index is 12.8. The van der Waals surface area contributed by atoms with Crippen molar-refractivity contribution >= 4 is 6.03 Å². The quantitative estimate of drug-likeness (QED) is 0.777. The number of carbonyl (C=O) groups is 1. The maximum Gasteiger partial charge on any atom is 0.318 e. The molecule has 1 aliphatic heterocycles. The molecule has 1 unspecified atom stereocenters. The molecule has 2 fully saturated rings. The zero-order valence-corrected chi connectivity index (χ0v) is 15.1. The summed E-state index contributed by atoms with van der Waals surface area (Å²) in [5, 5.41) is 12.5. The molecule has 0 aromatic heterocycles. The number of aliphatic hydroxyl groups excluding tert-OH is 1. The second kappa shape index (κ2) is 8.65. The molecule has 1 aromatic carbocycles. The number of rotatable bonds is 7. The van der Waals surface area contributed by atoms with E-state index in [1.165, 1.54) is 0 Å². The Hall–Kier alpha value is -1.63. The lowest BCUT2D eigenvalue weighted by atomic mass is 10.1. The monoisotopic (exact) mass is 346 g/mol. The highest BCUT2D eigenvalue weighted by atomic mass is 16.3. The standard InChI is InChI=1S/C19H30N4O2/c1-21-9-11-22(12-10-21)15-18(16-5-3-2-4-6-16)20-19(25)23(13-14-24)17-7-8-17/h2-6,17-18,24H,7-15H2,1H3,(H,20,25). The molecule has 2 N–H and O–H groups in total. The summed E-state index contributed by atoms with van der Waals surface area (Å²) < 4.78 is 0. The summed E-state index contributed by atoms with van der Waals surface area (Å²) in [6, 6.07) is 10.4. The zero-order valence-electron chi connectivity index (χ0n) is 15.1. The number of hydrogen-bond donors (Lipinski definition) is 2. The van der Waals surface area contributed by atoms with Gasteiger partial charge in [0.15, 0.2) is 0 Å². The van der Waals surface area contributed by atoms with E-state index in [1.807, 2.05) is 18.2 Å². The Kier molecular flexibility index (Phi) is 6.29. The van der Waals surface area contributed by atoms with Gasteiger partial charge in [0.05, 0.1) is 12.6 Å². The van der Waals surface area contributed by atoms with Crippen LogP contribution in [0.15, 0.2) is 30.3 Å². The first-order valence-corrected chi connectivity index (χ1v) is 9.31. The lowest BCUT2D eigenvalue weighted by molar-refractivity contribution is 0.136. The van der Waals surface area contributed by atoms with Crippen molar-refractivity contribution in [1.29, 1.82) is 0 Å². The van der Waals surface area contributed by atoms with Gasteiger partial charge in [-0.25, -0.2) is 4.79 Å². The molecule has 138 valence electrons. The van der Waals surface area contributed by atoms with Crippen molar-refractivity contribution in [2.75, 3.05) is 52.9 Å². The Balaban J connectivity index is 1.66. The number of hydrogen-bond acceptors (Lipinski definition) is 4. The first-order valence-electron chi connectivity index (χ1n) is 9.31. The molecule has 6 heteroatoms. The lowest BCUT2D eigenvalue weighted by Crippen LogP contribution is -2.50. The van der Waals surface area contributed by atoms with Crippen LogP contribution in [0.3, 0.4) is 0 Å². The highest BCUT2D eigenvalue weighted by Gasteiger charge is 2.33. The first kappa shape index (κ1) is 18.2. The fourth-order valence-corrected chi connectivity index (χ4v) is 3.38. The SMILES string of the molecule is CN1CCN(CC(NC(=O)N(CCO)C2CC2)c2ccccc2)CC1. The molecule has 3 rings (SSSR count). The topological polar surface area (TPSA) is 59.0 Å². The molecule has 0 radical (unpaired) electrons. The van der Waals surface area contributed by atoms with Crippen molar-refractivity contribution in [3.8, 4) is 0 Å². The Labute approximate surface area is 150 Å². The van der Waals surface area contributed by atoms with Crippen LogP contribution in [0.1, 0.15) is 24.4 Å². The fraction of sp³-hybridized carbons (Fsp3) is 0.632. The number of urea groups is 1. The molecular weight excluding hydrogens is 316 g/mol. The second-order valence-electron chi connectivity index (χ2n) is 7.16. The third-order valence-electron chi connectivity index (χ3n) is 5.13. The molecule has 2 amide bonds. The zero-order chi connectivity index (χ0) is 17.6. The average molecular weight is 346 g/mol. The molecule has 0 bridgehead atoms. The number of nitrogens with one attached hydrogen (secondary N) is 1. The first-order chi connectivity index (χ1) is 12.2. The van der Waals surface area contributed by atoms with Gasteiger partial charge in [0.1, 0.15) is 0 Å². The van der Waals surface area contributed by atoms with E-state index < -0.39 is 0 Å². The van der Waals surface area contributed by atoms with E-state index in [9.17, 15) is 9.90 Å². The molecule has 1 heterocycles. The summed E-state index contributed by atoms with van der Waals surface area (Å²) in [5.74, 6) is 0. The number of piperazine rings is 1. The Morgan fingerprint density at radius 3 is 2.52 bits per heavy atom. The molecular formula is C19H30N4O2. The van der Waals surface area contributed by atoms with Gasteiger partial charge >= 0.3 is 6.03 Å². The summed E-state index contributed by atoms with van der Waals surface area (Å²) in [4.78, 5) is 19.3. The van der Waals surface area contributed by atoms with Crippen molar-refractivity contribution in [1.82, 2.24) is 20.0 Å². The maximum atomic E-state index is 12.8. The predicted octanol–water partition coefficient (Wildman–Crippen LogP) is 1.14. The van der Waals surface area contributed by atoms with Crippen LogP contribution < -0.4 is 5.32 Å². The van der Waals surface area contributed by atoms with Crippen LogP contribution in [-0.2, 0) is 0 Å².